The van der Waals surface area contributed by atoms with Gasteiger partial charge in [0.05, 0.1) is 11.8 Å². The molecule has 1 unspecified atom stereocenters. The third-order valence-electron chi connectivity index (χ3n) is 3.66. The number of aromatic nitrogens is 4. The average molecular weight is 340 g/mol. The van der Waals surface area contributed by atoms with E-state index in [0.29, 0.717) is 17.7 Å². The Morgan fingerprint density at radius 2 is 2.00 bits per heavy atom. The summed E-state index contributed by atoms with van der Waals surface area (Å²) < 4.78 is 6.42. The number of amides is 2. The Balaban J connectivity index is 1.69. The second-order valence-corrected chi connectivity index (χ2v) is 5.33. The summed E-state index contributed by atoms with van der Waals surface area (Å²) in [5.41, 5.74) is 6.07. The summed E-state index contributed by atoms with van der Waals surface area (Å²) in [7, 11) is 0. The Morgan fingerprint density at radius 3 is 2.64 bits per heavy atom. The number of benzene rings is 1. The highest BCUT2D eigenvalue weighted by Gasteiger charge is 2.23. The summed E-state index contributed by atoms with van der Waals surface area (Å²) in [5.74, 6) is -0.437. The minimum Gasteiger partial charge on any atom is -0.469 e. The summed E-state index contributed by atoms with van der Waals surface area (Å²) in [6, 6.07) is 10.3. The lowest BCUT2D eigenvalue weighted by Crippen LogP contribution is -2.45. The molecular formula is C16H16N6O3. The van der Waals surface area contributed by atoms with E-state index in [1.807, 2.05) is 30.3 Å². The van der Waals surface area contributed by atoms with Gasteiger partial charge in [0.15, 0.2) is 0 Å². The van der Waals surface area contributed by atoms with Gasteiger partial charge >= 0.3 is 0 Å². The van der Waals surface area contributed by atoms with E-state index >= 15 is 0 Å². The number of hydrazine groups is 1. The molecule has 3 aromatic rings. The van der Waals surface area contributed by atoms with Crippen LogP contribution in [-0.4, -0.2) is 32.0 Å². The highest BCUT2D eigenvalue weighted by Crippen LogP contribution is 2.13. The van der Waals surface area contributed by atoms with Crippen molar-refractivity contribution < 1.29 is 14.0 Å². The number of nitrogens with one attached hydrogen (secondary N) is 2. The molecule has 0 aliphatic heterocycles. The van der Waals surface area contributed by atoms with Gasteiger partial charge in [-0.15, -0.1) is 5.10 Å². The lowest BCUT2D eigenvalue weighted by Gasteiger charge is -2.16. The van der Waals surface area contributed by atoms with Gasteiger partial charge in [0.2, 0.25) is 0 Å². The fourth-order valence-electron chi connectivity index (χ4n) is 2.34. The Bertz CT molecular complexity index is 844. The first-order chi connectivity index (χ1) is 12.1. The van der Waals surface area contributed by atoms with Crippen LogP contribution in [0.5, 0.6) is 0 Å². The van der Waals surface area contributed by atoms with Crippen molar-refractivity contribution in [2.24, 2.45) is 0 Å². The highest BCUT2D eigenvalue weighted by molar-refractivity contribution is 5.96. The lowest BCUT2D eigenvalue weighted by molar-refractivity contribution is -0.125. The normalized spacial score (nSPS) is 11.7. The number of tetrazole rings is 1. The van der Waals surface area contributed by atoms with Gasteiger partial charge in [0.1, 0.15) is 18.1 Å². The SMILES string of the molecule is Cc1occc1C(=O)NNC(=O)C(Cc1ccccc1)n1cnnn1. The average Bonchev–Trinajstić information content (AvgIpc) is 3.30. The van der Waals surface area contributed by atoms with Crippen LogP contribution in [0.4, 0.5) is 0 Å². The minimum absolute atomic E-state index is 0.349. The maximum absolute atomic E-state index is 12.5. The van der Waals surface area contributed by atoms with E-state index in [-0.39, 0.29) is 0 Å². The molecule has 2 aromatic heterocycles. The zero-order valence-corrected chi connectivity index (χ0v) is 13.4. The second-order valence-electron chi connectivity index (χ2n) is 5.33. The Labute approximate surface area is 143 Å². The lowest BCUT2D eigenvalue weighted by atomic mass is 10.1. The monoisotopic (exact) mass is 340 g/mol. The third-order valence-corrected chi connectivity index (χ3v) is 3.66. The van der Waals surface area contributed by atoms with Crippen LogP contribution in [0.25, 0.3) is 0 Å². The molecule has 0 aliphatic carbocycles. The number of nitrogens with zero attached hydrogens (tertiary/aromatic N) is 4. The van der Waals surface area contributed by atoms with Crippen molar-refractivity contribution in [3.8, 4) is 0 Å². The van der Waals surface area contributed by atoms with E-state index < -0.39 is 17.9 Å². The first-order valence-corrected chi connectivity index (χ1v) is 7.56. The summed E-state index contributed by atoms with van der Waals surface area (Å²) in [5, 5.41) is 10.9. The smallest absolute Gasteiger partial charge is 0.273 e. The molecule has 0 radical (unpaired) electrons. The largest absolute Gasteiger partial charge is 0.469 e. The van der Waals surface area contributed by atoms with E-state index in [9.17, 15) is 9.59 Å². The van der Waals surface area contributed by atoms with Gasteiger partial charge in [-0.2, -0.15) is 0 Å². The second kappa shape index (κ2) is 7.39. The zero-order chi connectivity index (χ0) is 17.6. The number of aryl methyl sites for hydroxylation is 1. The standard InChI is InChI=1S/C16H16N6O3/c1-11-13(7-8-25-11)15(23)18-19-16(24)14(22-10-17-20-21-22)9-12-5-3-2-4-6-12/h2-8,10,14H,9H2,1H3,(H,18,23)(H,19,24). The van der Waals surface area contributed by atoms with Crippen LogP contribution < -0.4 is 10.9 Å². The van der Waals surface area contributed by atoms with Crippen LogP contribution in [0.15, 0.2) is 53.4 Å². The zero-order valence-electron chi connectivity index (χ0n) is 13.4. The predicted octanol–water partition coefficient (Wildman–Crippen LogP) is 0.820. The molecule has 128 valence electrons. The van der Waals surface area contributed by atoms with Crippen LogP contribution >= 0.6 is 0 Å². The highest BCUT2D eigenvalue weighted by atomic mass is 16.3. The van der Waals surface area contributed by atoms with E-state index in [1.54, 1.807) is 6.92 Å². The van der Waals surface area contributed by atoms with Gasteiger partial charge in [0.25, 0.3) is 11.8 Å². The maximum atomic E-state index is 12.5. The number of carbonyl (C=O) groups excluding carboxylic acids is 2. The van der Waals surface area contributed by atoms with Gasteiger partial charge in [-0.25, -0.2) is 4.68 Å². The fourth-order valence-corrected chi connectivity index (χ4v) is 2.34. The molecule has 2 heterocycles. The van der Waals surface area contributed by atoms with Crippen LogP contribution in [0.1, 0.15) is 27.7 Å². The summed E-state index contributed by atoms with van der Waals surface area (Å²) in [6.45, 7) is 1.66. The summed E-state index contributed by atoms with van der Waals surface area (Å²) in [4.78, 5) is 24.6. The van der Waals surface area contributed by atoms with Crippen molar-refractivity contribution >= 4 is 11.8 Å². The molecule has 3 rings (SSSR count). The Hall–Kier alpha value is -3.49. The molecule has 0 fully saturated rings. The number of furan rings is 1. The minimum atomic E-state index is -0.705. The van der Waals surface area contributed by atoms with Crippen molar-refractivity contribution in [3.63, 3.8) is 0 Å². The molecule has 1 aromatic carbocycles. The van der Waals surface area contributed by atoms with Gasteiger partial charge in [-0.05, 0) is 29.0 Å². The summed E-state index contributed by atoms with van der Waals surface area (Å²) >= 11 is 0. The van der Waals surface area contributed by atoms with Gasteiger partial charge < -0.3 is 4.42 Å². The van der Waals surface area contributed by atoms with E-state index in [1.165, 1.54) is 23.3 Å². The van der Waals surface area contributed by atoms with Crippen molar-refractivity contribution in [2.45, 2.75) is 19.4 Å². The fraction of sp³-hybridized carbons (Fsp3) is 0.188. The number of rotatable bonds is 5. The molecule has 1 atom stereocenters. The molecule has 25 heavy (non-hydrogen) atoms. The van der Waals surface area contributed by atoms with E-state index in [0.717, 1.165) is 5.56 Å². The number of carbonyl (C=O) groups is 2. The van der Waals surface area contributed by atoms with Gasteiger partial charge in [-0.3, -0.25) is 20.4 Å². The van der Waals surface area contributed by atoms with Crippen molar-refractivity contribution in [2.75, 3.05) is 0 Å². The molecule has 9 heteroatoms. The van der Waals surface area contributed by atoms with E-state index in [4.69, 9.17) is 4.42 Å². The van der Waals surface area contributed by atoms with Crippen LogP contribution in [0.2, 0.25) is 0 Å². The number of hydrogen-bond acceptors (Lipinski definition) is 6. The first kappa shape index (κ1) is 16.4. The predicted molar refractivity (Wildman–Crippen MR) is 86.1 cm³/mol. The van der Waals surface area contributed by atoms with Crippen LogP contribution in [-0.2, 0) is 11.2 Å². The quantitative estimate of drug-likeness (QED) is 0.665. The molecule has 9 nitrogen and oxygen atoms in total. The molecular weight excluding hydrogens is 324 g/mol. The van der Waals surface area contributed by atoms with Crippen molar-refractivity contribution in [3.05, 3.63) is 65.9 Å². The topological polar surface area (TPSA) is 115 Å². The molecule has 0 aliphatic rings. The molecule has 0 spiro atoms. The molecule has 0 saturated carbocycles. The van der Waals surface area contributed by atoms with Crippen LogP contribution in [0.3, 0.4) is 0 Å². The first-order valence-electron chi connectivity index (χ1n) is 7.56. The molecule has 2 N–H and O–H groups in total. The third kappa shape index (κ3) is 3.89. The summed E-state index contributed by atoms with van der Waals surface area (Å²) in [6.07, 6.45) is 3.14. The van der Waals surface area contributed by atoms with Gasteiger partial charge in [0, 0.05) is 6.42 Å². The van der Waals surface area contributed by atoms with Crippen molar-refractivity contribution in [1.29, 1.82) is 0 Å². The number of hydrogen-bond donors (Lipinski definition) is 2. The van der Waals surface area contributed by atoms with Crippen molar-refractivity contribution in [1.82, 2.24) is 31.1 Å². The molecule has 0 bridgehead atoms. The van der Waals surface area contributed by atoms with Crippen LogP contribution in [0, 0.1) is 6.92 Å². The molecule has 2 amide bonds. The maximum Gasteiger partial charge on any atom is 0.273 e. The Morgan fingerprint density at radius 1 is 1.20 bits per heavy atom. The Kier molecular flexibility index (Phi) is 4.84. The van der Waals surface area contributed by atoms with Gasteiger partial charge in [-0.1, -0.05) is 30.3 Å². The molecule has 0 saturated heterocycles. The van der Waals surface area contributed by atoms with E-state index in [2.05, 4.69) is 26.4 Å².